The summed E-state index contributed by atoms with van der Waals surface area (Å²) in [7, 11) is 0. The van der Waals surface area contributed by atoms with Crippen molar-refractivity contribution in [3.8, 4) is 5.75 Å². The van der Waals surface area contributed by atoms with E-state index in [0.29, 0.717) is 29.9 Å². The Kier molecular flexibility index (Phi) is 7.51. The number of rotatable bonds is 9. The van der Waals surface area contributed by atoms with Crippen LogP contribution in [0.15, 0.2) is 34.7 Å². The molecule has 0 aliphatic rings. The summed E-state index contributed by atoms with van der Waals surface area (Å²) in [5.74, 6) is 0.942. The minimum atomic E-state index is -0.283. The summed E-state index contributed by atoms with van der Waals surface area (Å²) in [5, 5.41) is 6.55. The molecule has 0 radical (unpaired) electrons. The van der Waals surface area contributed by atoms with Crippen molar-refractivity contribution in [2.24, 2.45) is 5.10 Å². The van der Waals surface area contributed by atoms with Crippen LogP contribution in [0.3, 0.4) is 0 Å². The van der Waals surface area contributed by atoms with E-state index in [1.165, 1.54) is 11.3 Å². The average molecular weight is 368 g/mol. The minimum Gasteiger partial charge on any atom is -0.492 e. The number of hydrogen-bond donors (Lipinski definition) is 1. The number of alkyl halides is 1. The van der Waals surface area contributed by atoms with Gasteiger partial charge in [0, 0.05) is 5.38 Å². The van der Waals surface area contributed by atoms with Gasteiger partial charge in [0.1, 0.15) is 12.4 Å². The predicted octanol–water partition coefficient (Wildman–Crippen LogP) is 3.31. The Morgan fingerprint density at radius 2 is 2.21 bits per heavy atom. The van der Waals surface area contributed by atoms with Gasteiger partial charge in [-0.1, -0.05) is 0 Å². The van der Waals surface area contributed by atoms with Crippen molar-refractivity contribution in [2.45, 2.75) is 13.3 Å². The van der Waals surface area contributed by atoms with Crippen molar-refractivity contribution in [2.75, 3.05) is 24.5 Å². The number of halogens is 1. The zero-order valence-corrected chi connectivity index (χ0v) is 14.8. The van der Waals surface area contributed by atoms with E-state index in [1.54, 1.807) is 18.5 Å². The van der Waals surface area contributed by atoms with E-state index in [2.05, 4.69) is 15.5 Å². The number of anilines is 1. The number of thiazole rings is 1. The van der Waals surface area contributed by atoms with Crippen LogP contribution < -0.4 is 10.2 Å². The molecule has 1 aromatic heterocycles. The normalized spacial score (nSPS) is 10.8. The van der Waals surface area contributed by atoms with Gasteiger partial charge >= 0.3 is 5.97 Å². The maximum absolute atomic E-state index is 11.4. The van der Waals surface area contributed by atoms with Crippen LogP contribution in [0.25, 0.3) is 0 Å². The lowest BCUT2D eigenvalue weighted by atomic mass is 10.2. The van der Waals surface area contributed by atoms with E-state index in [4.69, 9.17) is 21.1 Å². The van der Waals surface area contributed by atoms with E-state index >= 15 is 0 Å². The molecule has 2 aromatic rings. The summed E-state index contributed by atoms with van der Waals surface area (Å²) in [5.41, 5.74) is 4.43. The largest absolute Gasteiger partial charge is 0.492 e. The third-order valence-corrected chi connectivity index (χ3v) is 3.73. The lowest BCUT2D eigenvalue weighted by Gasteiger charge is -2.03. The zero-order valence-electron chi connectivity index (χ0n) is 13.2. The third kappa shape index (κ3) is 6.17. The average Bonchev–Trinajstić information content (AvgIpc) is 3.01. The van der Waals surface area contributed by atoms with Crippen LogP contribution in [0.2, 0.25) is 0 Å². The number of hydrogen-bond acceptors (Lipinski definition) is 7. The molecule has 0 atom stereocenters. The Balaban J connectivity index is 1.83. The van der Waals surface area contributed by atoms with Crippen molar-refractivity contribution in [1.82, 2.24) is 4.98 Å². The van der Waals surface area contributed by atoms with Gasteiger partial charge in [-0.15, -0.1) is 22.9 Å². The first kappa shape index (κ1) is 18.2. The summed E-state index contributed by atoms with van der Waals surface area (Å²) < 4.78 is 10.3. The molecular formula is C16H18ClN3O3S. The number of benzene rings is 1. The number of aromatic nitrogens is 1. The topological polar surface area (TPSA) is 72.8 Å². The molecule has 0 saturated heterocycles. The van der Waals surface area contributed by atoms with Gasteiger partial charge in [-0.2, -0.15) is 5.10 Å². The molecule has 128 valence electrons. The molecule has 1 N–H and O–H groups in total. The molecule has 0 aliphatic heterocycles. The van der Waals surface area contributed by atoms with Crippen molar-refractivity contribution in [1.29, 1.82) is 0 Å². The number of carbonyl (C=O) groups excluding carboxylic acids is 1. The third-order valence-electron chi connectivity index (χ3n) is 2.78. The highest BCUT2D eigenvalue weighted by Crippen LogP contribution is 2.16. The summed E-state index contributed by atoms with van der Waals surface area (Å²) in [6.45, 7) is 2.63. The van der Waals surface area contributed by atoms with Crippen molar-refractivity contribution in [3.63, 3.8) is 0 Å². The van der Waals surface area contributed by atoms with Crippen LogP contribution in [-0.2, 0) is 16.0 Å². The highest BCUT2D eigenvalue weighted by molar-refractivity contribution is 7.13. The highest BCUT2D eigenvalue weighted by Gasteiger charge is 2.07. The van der Waals surface area contributed by atoms with Crippen molar-refractivity contribution < 1.29 is 14.3 Å². The first-order valence-corrected chi connectivity index (χ1v) is 8.80. The van der Waals surface area contributed by atoms with Crippen LogP contribution in [0, 0.1) is 0 Å². The molecule has 0 amide bonds. The van der Waals surface area contributed by atoms with Crippen LogP contribution in [0.4, 0.5) is 5.13 Å². The predicted molar refractivity (Wildman–Crippen MR) is 96.3 cm³/mol. The smallest absolute Gasteiger partial charge is 0.311 e. The van der Waals surface area contributed by atoms with Gasteiger partial charge in [0.2, 0.25) is 5.13 Å². The molecule has 0 saturated carbocycles. The Morgan fingerprint density at radius 1 is 1.42 bits per heavy atom. The van der Waals surface area contributed by atoms with Gasteiger partial charge in [0.05, 0.1) is 30.8 Å². The van der Waals surface area contributed by atoms with Crippen LogP contribution in [0.1, 0.15) is 18.2 Å². The first-order valence-electron chi connectivity index (χ1n) is 7.39. The highest BCUT2D eigenvalue weighted by atomic mass is 35.5. The van der Waals surface area contributed by atoms with Gasteiger partial charge in [0.15, 0.2) is 0 Å². The number of nitrogens with one attached hydrogen (secondary N) is 1. The van der Waals surface area contributed by atoms with Crippen LogP contribution >= 0.6 is 22.9 Å². The zero-order chi connectivity index (χ0) is 17.2. The van der Waals surface area contributed by atoms with Gasteiger partial charge < -0.3 is 9.47 Å². The standard InChI is InChI=1S/C16H18ClN3O3S/c1-2-22-15(21)9-13-11-24-16(19-13)20-18-10-12-3-5-14(6-4-12)23-8-7-17/h3-6,10-11H,2,7-9H2,1H3,(H,19,20). The Bertz CT molecular complexity index is 673. The van der Waals surface area contributed by atoms with Crippen LogP contribution in [-0.4, -0.2) is 36.3 Å². The number of esters is 1. The van der Waals surface area contributed by atoms with E-state index in [0.717, 1.165) is 11.3 Å². The van der Waals surface area contributed by atoms with E-state index in [1.807, 2.05) is 24.3 Å². The Hall–Kier alpha value is -2.12. The molecule has 0 spiro atoms. The van der Waals surface area contributed by atoms with Gasteiger partial charge in [0.25, 0.3) is 0 Å². The number of nitrogens with zero attached hydrogens (tertiary/aromatic N) is 2. The summed E-state index contributed by atoms with van der Waals surface area (Å²) >= 11 is 6.95. The molecular weight excluding hydrogens is 350 g/mol. The van der Waals surface area contributed by atoms with Crippen LogP contribution in [0.5, 0.6) is 5.75 Å². The fourth-order valence-corrected chi connectivity index (χ4v) is 2.50. The van der Waals surface area contributed by atoms with Gasteiger partial charge in [-0.25, -0.2) is 4.98 Å². The SMILES string of the molecule is CCOC(=O)Cc1csc(NN=Cc2ccc(OCCCl)cc2)n1. The summed E-state index contributed by atoms with van der Waals surface area (Å²) in [4.78, 5) is 15.7. The Labute approximate surface area is 149 Å². The monoisotopic (exact) mass is 367 g/mol. The molecule has 0 fully saturated rings. The molecule has 0 aliphatic carbocycles. The maximum atomic E-state index is 11.4. The first-order chi connectivity index (χ1) is 11.7. The van der Waals surface area contributed by atoms with Crippen molar-refractivity contribution in [3.05, 3.63) is 40.9 Å². The molecule has 6 nitrogen and oxygen atoms in total. The van der Waals surface area contributed by atoms with Gasteiger partial charge in [-0.3, -0.25) is 10.2 Å². The van der Waals surface area contributed by atoms with E-state index < -0.39 is 0 Å². The second kappa shape index (κ2) is 9.89. The molecule has 1 aromatic carbocycles. The summed E-state index contributed by atoms with van der Waals surface area (Å²) in [6, 6.07) is 7.50. The maximum Gasteiger partial charge on any atom is 0.311 e. The number of hydrazone groups is 1. The summed E-state index contributed by atoms with van der Waals surface area (Å²) in [6.07, 6.45) is 1.84. The minimum absolute atomic E-state index is 0.166. The molecule has 0 bridgehead atoms. The Morgan fingerprint density at radius 3 is 2.92 bits per heavy atom. The van der Waals surface area contributed by atoms with E-state index in [-0.39, 0.29) is 12.4 Å². The fourth-order valence-electron chi connectivity index (χ4n) is 1.77. The van der Waals surface area contributed by atoms with E-state index in [9.17, 15) is 4.79 Å². The van der Waals surface area contributed by atoms with Crippen molar-refractivity contribution >= 4 is 40.3 Å². The fraction of sp³-hybridized carbons (Fsp3) is 0.312. The molecule has 1 heterocycles. The lowest BCUT2D eigenvalue weighted by Crippen LogP contribution is -2.07. The quantitative estimate of drug-likeness (QED) is 0.318. The number of carbonyl (C=O) groups is 1. The second-order valence-corrected chi connectivity index (χ2v) is 5.84. The molecule has 2 rings (SSSR count). The lowest BCUT2D eigenvalue weighted by molar-refractivity contribution is -0.142. The molecule has 0 unspecified atom stereocenters. The molecule has 24 heavy (non-hydrogen) atoms. The second-order valence-electron chi connectivity index (χ2n) is 4.60. The van der Waals surface area contributed by atoms with Gasteiger partial charge in [-0.05, 0) is 36.8 Å². The number of ether oxygens (including phenoxy) is 2. The molecule has 8 heteroatoms.